The van der Waals surface area contributed by atoms with Crippen LogP contribution in [0, 0.1) is 0 Å². The zero-order valence-corrected chi connectivity index (χ0v) is 13.4. The topological polar surface area (TPSA) is 102 Å². The summed E-state index contributed by atoms with van der Waals surface area (Å²) in [7, 11) is 0. The van der Waals surface area contributed by atoms with Crippen molar-refractivity contribution in [3.63, 3.8) is 0 Å². The lowest BCUT2D eigenvalue weighted by Crippen LogP contribution is -2.48. The van der Waals surface area contributed by atoms with Crippen molar-refractivity contribution >= 4 is 28.4 Å². The summed E-state index contributed by atoms with van der Waals surface area (Å²) in [6, 6.07) is 5.49. The molecule has 24 heavy (non-hydrogen) atoms. The molecule has 2 N–H and O–H groups in total. The Hall–Kier alpha value is -2.90. The first kappa shape index (κ1) is 16.0. The average Bonchev–Trinajstić information content (AvgIpc) is 2.57. The van der Waals surface area contributed by atoms with Crippen LogP contribution in [0.1, 0.15) is 6.92 Å². The smallest absolute Gasteiger partial charge is 0.261 e. The van der Waals surface area contributed by atoms with Crippen LogP contribution < -0.4 is 16.2 Å². The largest absolute Gasteiger partial charge is 0.368 e. The number of hydrogen-bond acceptors (Lipinski definition) is 5. The number of hydrogen-bond donors (Lipinski definition) is 1. The number of primary amides is 1. The molecule has 0 bridgehead atoms. The Balaban J connectivity index is 1.90. The van der Waals surface area contributed by atoms with Gasteiger partial charge in [-0.15, -0.1) is 0 Å². The number of rotatable bonds is 3. The van der Waals surface area contributed by atoms with Crippen LogP contribution in [-0.2, 0) is 16.1 Å². The number of aromatic nitrogens is 2. The van der Waals surface area contributed by atoms with E-state index in [-0.39, 0.29) is 18.0 Å². The molecule has 1 aromatic carbocycles. The minimum atomic E-state index is -0.588. The number of benzene rings is 1. The van der Waals surface area contributed by atoms with Crippen molar-refractivity contribution in [2.45, 2.75) is 13.5 Å². The third-order valence-corrected chi connectivity index (χ3v) is 4.22. The van der Waals surface area contributed by atoms with Crippen LogP contribution in [0.4, 0.5) is 5.69 Å². The number of nitrogens with zero attached hydrogens (tertiary/aromatic N) is 4. The van der Waals surface area contributed by atoms with Gasteiger partial charge in [0, 0.05) is 38.8 Å². The fourth-order valence-corrected chi connectivity index (χ4v) is 2.90. The molecule has 8 nitrogen and oxygen atoms in total. The van der Waals surface area contributed by atoms with Crippen molar-refractivity contribution in [1.82, 2.24) is 14.5 Å². The van der Waals surface area contributed by atoms with Crippen molar-refractivity contribution in [3.05, 3.63) is 34.9 Å². The third kappa shape index (κ3) is 3.08. The fraction of sp³-hybridized carbons (Fsp3) is 0.375. The maximum atomic E-state index is 12.5. The third-order valence-electron chi connectivity index (χ3n) is 4.22. The number of nitrogens with two attached hydrogens (primary N) is 1. The van der Waals surface area contributed by atoms with Gasteiger partial charge in [0.15, 0.2) is 0 Å². The van der Waals surface area contributed by atoms with Gasteiger partial charge in [-0.25, -0.2) is 4.98 Å². The van der Waals surface area contributed by atoms with Gasteiger partial charge in [-0.2, -0.15) is 0 Å². The van der Waals surface area contributed by atoms with E-state index in [0.717, 1.165) is 5.69 Å². The molecule has 0 saturated carbocycles. The van der Waals surface area contributed by atoms with Gasteiger partial charge in [-0.1, -0.05) is 0 Å². The Morgan fingerprint density at radius 1 is 1.21 bits per heavy atom. The lowest BCUT2D eigenvalue weighted by atomic mass is 10.2. The molecule has 3 rings (SSSR count). The van der Waals surface area contributed by atoms with E-state index in [4.69, 9.17) is 5.73 Å². The first-order valence-corrected chi connectivity index (χ1v) is 7.73. The molecule has 1 saturated heterocycles. The van der Waals surface area contributed by atoms with Crippen LogP contribution in [0.15, 0.2) is 29.3 Å². The van der Waals surface area contributed by atoms with E-state index in [1.165, 1.54) is 10.9 Å². The van der Waals surface area contributed by atoms with Gasteiger partial charge < -0.3 is 15.5 Å². The molecule has 0 atom stereocenters. The number of amides is 2. The summed E-state index contributed by atoms with van der Waals surface area (Å²) in [5.74, 6) is -0.513. The molecule has 0 aliphatic carbocycles. The standard InChI is InChI=1S/C16H19N5O3/c1-11(22)19-4-6-20(7-5-19)12-2-3-14-13(8-12)16(24)21(10-18-14)9-15(17)23/h2-3,8,10H,4-7,9H2,1H3,(H2,17,23). The van der Waals surface area contributed by atoms with Crippen LogP contribution in [0.5, 0.6) is 0 Å². The van der Waals surface area contributed by atoms with Crippen molar-refractivity contribution in [2.24, 2.45) is 5.73 Å². The van der Waals surface area contributed by atoms with E-state index in [1.54, 1.807) is 24.0 Å². The highest BCUT2D eigenvalue weighted by atomic mass is 16.2. The second-order valence-corrected chi connectivity index (χ2v) is 5.84. The highest BCUT2D eigenvalue weighted by Gasteiger charge is 2.19. The van der Waals surface area contributed by atoms with Gasteiger partial charge in [0.25, 0.3) is 5.56 Å². The molecular weight excluding hydrogens is 310 g/mol. The van der Waals surface area contributed by atoms with Crippen LogP contribution in [-0.4, -0.2) is 52.4 Å². The first-order chi connectivity index (χ1) is 11.5. The van der Waals surface area contributed by atoms with Crippen LogP contribution in [0.3, 0.4) is 0 Å². The van der Waals surface area contributed by atoms with E-state index >= 15 is 0 Å². The van der Waals surface area contributed by atoms with E-state index in [2.05, 4.69) is 9.88 Å². The number of carbonyl (C=O) groups excluding carboxylic acids is 2. The highest BCUT2D eigenvalue weighted by molar-refractivity contribution is 5.82. The number of fused-ring (bicyclic) bond motifs is 1. The van der Waals surface area contributed by atoms with Gasteiger partial charge in [0.1, 0.15) is 6.54 Å². The Morgan fingerprint density at radius 2 is 1.92 bits per heavy atom. The van der Waals surface area contributed by atoms with Gasteiger partial charge in [0.2, 0.25) is 11.8 Å². The lowest BCUT2D eigenvalue weighted by molar-refractivity contribution is -0.129. The second kappa shape index (κ2) is 6.31. The molecule has 0 radical (unpaired) electrons. The van der Waals surface area contributed by atoms with E-state index in [1.807, 2.05) is 6.07 Å². The molecule has 126 valence electrons. The SMILES string of the molecule is CC(=O)N1CCN(c2ccc3ncn(CC(N)=O)c(=O)c3c2)CC1. The van der Waals surface area contributed by atoms with Crippen molar-refractivity contribution < 1.29 is 9.59 Å². The molecule has 2 heterocycles. The van der Waals surface area contributed by atoms with Crippen LogP contribution in [0.2, 0.25) is 0 Å². The Morgan fingerprint density at radius 3 is 2.54 bits per heavy atom. The zero-order chi connectivity index (χ0) is 17.3. The number of piperazine rings is 1. The quantitative estimate of drug-likeness (QED) is 0.822. The maximum Gasteiger partial charge on any atom is 0.261 e. The molecule has 1 aliphatic heterocycles. The molecule has 2 aromatic rings. The number of carbonyl (C=O) groups is 2. The number of anilines is 1. The average molecular weight is 329 g/mol. The summed E-state index contributed by atoms with van der Waals surface area (Å²) in [6.45, 7) is 4.11. The predicted octanol–water partition coefficient (Wildman–Crippen LogP) is -0.450. The summed E-state index contributed by atoms with van der Waals surface area (Å²) < 4.78 is 1.21. The van der Waals surface area contributed by atoms with Crippen molar-refractivity contribution in [3.8, 4) is 0 Å². The van der Waals surface area contributed by atoms with E-state index < -0.39 is 5.91 Å². The molecule has 0 unspecified atom stereocenters. The summed E-state index contributed by atoms with van der Waals surface area (Å²) in [4.78, 5) is 43.1. The highest BCUT2D eigenvalue weighted by Crippen LogP contribution is 2.20. The van der Waals surface area contributed by atoms with Gasteiger partial charge >= 0.3 is 0 Å². The molecule has 0 spiro atoms. The lowest BCUT2D eigenvalue weighted by Gasteiger charge is -2.35. The monoisotopic (exact) mass is 329 g/mol. The normalized spacial score (nSPS) is 14.9. The maximum absolute atomic E-state index is 12.5. The molecule has 1 aliphatic rings. The summed E-state index contributed by atoms with van der Waals surface area (Å²) in [6.07, 6.45) is 1.33. The molecule has 2 amide bonds. The Bertz CT molecular complexity index is 852. The van der Waals surface area contributed by atoms with E-state index in [9.17, 15) is 14.4 Å². The second-order valence-electron chi connectivity index (χ2n) is 5.84. The summed E-state index contributed by atoms with van der Waals surface area (Å²) in [5, 5.41) is 0.449. The van der Waals surface area contributed by atoms with Gasteiger partial charge in [-0.3, -0.25) is 19.0 Å². The van der Waals surface area contributed by atoms with E-state index in [0.29, 0.717) is 37.1 Å². The fourth-order valence-electron chi connectivity index (χ4n) is 2.90. The first-order valence-electron chi connectivity index (χ1n) is 7.73. The minimum Gasteiger partial charge on any atom is -0.368 e. The summed E-state index contributed by atoms with van der Waals surface area (Å²) in [5.41, 5.74) is 6.35. The predicted molar refractivity (Wildman–Crippen MR) is 89.7 cm³/mol. The van der Waals surface area contributed by atoms with Crippen molar-refractivity contribution in [2.75, 3.05) is 31.1 Å². The molecule has 1 aromatic heterocycles. The Labute approximate surface area is 138 Å². The minimum absolute atomic E-state index is 0.0756. The van der Waals surface area contributed by atoms with Gasteiger partial charge in [-0.05, 0) is 18.2 Å². The van der Waals surface area contributed by atoms with Crippen molar-refractivity contribution in [1.29, 1.82) is 0 Å². The van der Waals surface area contributed by atoms with Crippen LogP contribution >= 0.6 is 0 Å². The summed E-state index contributed by atoms with van der Waals surface area (Å²) >= 11 is 0. The molecule has 8 heteroatoms. The molecular formula is C16H19N5O3. The van der Waals surface area contributed by atoms with Gasteiger partial charge in [0.05, 0.1) is 17.2 Å². The zero-order valence-electron chi connectivity index (χ0n) is 13.4. The molecule has 1 fully saturated rings. The van der Waals surface area contributed by atoms with Crippen LogP contribution in [0.25, 0.3) is 10.9 Å². The Kier molecular flexibility index (Phi) is 4.20.